The van der Waals surface area contributed by atoms with Crippen molar-refractivity contribution in [2.45, 2.75) is 44.5 Å². The normalized spacial score (nSPS) is 17.4. The zero-order chi connectivity index (χ0) is 6.53. The van der Waals surface area contributed by atoms with Gasteiger partial charge in [-0.15, -0.1) is 0 Å². The Morgan fingerprint density at radius 3 is 2.67 bits per heavy atom. The molecule has 0 aromatic carbocycles. The SMILES string of the molecule is CCBCCBC1CC1. The van der Waals surface area contributed by atoms with Crippen LogP contribution >= 0.6 is 0 Å². The summed E-state index contributed by atoms with van der Waals surface area (Å²) < 4.78 is 0. The molecule has 0 saturated heterocycles. The summed E-state index contributed by atoms with van der Waals surface area (Å²) in [5, 5.41) is 0. The monoisotopic (exact) mass is 122 g/mol. The highest BCUT2D eigenvalue weighted by Gasteiger charge is 2.20. The van der Waals surface area contributed by atoms with Crippen molar-refractivity contribution >= 4 is 14.6 Å². The third-order valence-electron chi connectivity index (χ3n) is 2.16. The Morgan fingerprint density at radius 1 is 1.33 bits per heavy atom. The van der Waals surface area contributed by atoms with E-state index in [1.807, 2.05) is 0 Å². The molecule has 1 fully saturated rings. The Bertz CT molecular complexity index is 69.3. The maximum absolute atomic E-state index is 2.27. The highest BCUT2D eigenvalue weighted by Crippen LogP contribution is 2.35. The standard InChI is InChI=1S/C7H16B2/c1-2-8-5-6-9-7-3-4-7/h7-9H,2-6H2,1H3. The molecule has 0 unspecified atom stereocenters. The third kappa shape index (κ3) is 3.66. The van der Waals surface area contributed by atoms with Crippen LogP contribution in [0.25, 0.3) is 0 Å². The van der Waals surface area contributed by atoms with Crippen molar-refractivity contribution in [2.24, 2.45) is 0 Å². The molecule has 1 aliphatic carbocycles. The van der Waals surface area contributed by atoms with E-state index in [9.17, 15) is 0 Å². The Labute approximate surface area is 59.9 Å². The smallest absolute Gasteiger partial charge is 0.0842 e. The van der Waals surface area contributed by atoms with Crippen molar-refractivity contribution in [3.05, 3.63) is 0 Å². The van der Waals surface area contributed by atoms with Gasteiger partial charge in [-0.05, 0) is 0 Å². The largest absolute Gasteiger partial charge is 0.123 e. The van der Waals surface area contributed by atoms with Crippen molar-refractivity contribution in [3.63, 3.8) is 0 Å². The highest BCUT2D eigenvalue weighted by molar-refractivity contribution is 6.43. The van der Waals surface area contributed by atoms with Gasteiger partial charge in [0.1, 0.15) is 14.6 Å². The predicted molar refractivity (Wildman–Crippen MR) is 47.4 cm³/mol. The first-order valence-electron chi connectivity index (χ1n) is 4.43. The van der Waals surface area contributed by atoms with E-state index in [4.69, 9.17) is 0 Å². The van der Waals surface area contributed by atoms with E-state index in [2.05, 4.69) is 6.92 Å². The molecule has 9 heavy (non-hydrogen) atoms. The van der Waals surface area contributed by atoms with Crippen LogP contribution in [0.4, 0.5) is 0 Å². The van der Waals surface area contributed by atoms with E-state index in [0.717, 1.165) is 5.82 Å². The highest BCUT2D eigenvalue weighted by atomic mass is 14.1. The summed E-state index contributed by atoms with van der Waals surface area (Å²) in [6.07, 6.45) is 7.43. The lowest BCUT2D eigenvalue weighted by atomic mass is 9.59. The maximum Gasteiger partial charge on any atom is 0.123 e. The lowest BCUT2D eigenvalue weighted by Gasteiger charge is -1.91. The van der Waals surface area contributed by atoms with Crippen LogP contribution < -0.4 is 0 Å². The molecule has 0 N–H and O–H groups in total. The van der Waals surface area contributed by atoms with Gasteiger partial charge in [-0.3, -0.25) is 0 Å². The van der Waals surface area contributed by atoms with Crippen molar-refractivity contribution < 1.29 is 0 Å². The van der Waals surface area contributed by atoms with Crippen molar-refractivity contribution in [1.82, 2.24) is 0 Å². The second-order valence-corrected chi connectivity index (χ2v) is 3.29. The van der Waals surface area contributed by atoms with Gasteiger partial charge in [-0.2, -0.15) is 0 Å². The molecule has 0 nitrogen and oxygen atoms in total. The fraction of sp³-hybridized carbons (Fsp3) is 1.00. The van der Waals surface area contributed by atoms with Gasteiger partial charge in [0, 0.05) is 0 Å². The molecule has 0 heterocycles. The van der Waals surface area contributed by atoms with E-state index < -0.39 is 0 Å². The molecule has 1 saturated carbocycles. The average molecular weight is 122 g/mol. The van der Waals surface area contributed by atoms with Gasteiger partial charge < -0.3 is 0 Å². The lowest BCUT2D eigenvalue weighted by Crippen LogP contribution is -1.91. The molecule has 50 valence electrons. The summed E-state index contributed by atoms with van der Waals surface area (Å²) in [6, 6.07) is 0. The van der Waals surface area contributed by atoms with Crippen LogP contribution in [0.3, 0.4) is 0 Å². The summed E-state index contributed by atoms with van der Waals surface area (Å²) in [7, 11) is 2.98. The topological polar surface area (TPSA) is 0 Å². The molecule has 0 aromatic rings. The number of rotatable bonds is 5. The van der Waals surface area contributed by atoms with Gasteiger partial charge in [-0.25, -0.2) is 0 Å². The molecule has 1 rings (SSSR count). The van der Waals surface area contributed by atoms with E-state index in [0.29, 0.717) is 0 Å². The summed E-state index contributed by atoms with van der Waals surface area (Å²) in [5.41, 5.74) is 0. The second kappa shape index (κ2) is 4.03. The minimum atomic E-state index is 1.15. The zero-order valence-electron chi connectivity index (χ0n) is 6.53. The first-order chi connectivity index (χ1) is 4.43. The molecule has 0 amide bonds. The fourth-order valence-corrected chi connectivity index (χ4v) is 1.27. The minimum Gasteiger partial charge on any atom is -0.0842 e. The molecule has 0 spiro atoms. The molecule has 2 heteroatoms. The molecule has 0 radical (unpaired) electrons. The number of hydrogen-bond donors (Lipinski definition) is 0. The third-order valence-corrected chi connectivity index (χ3v) is 2.16. The van der Waals surface area contributed by atoms with Gasteiger partial charge in [-0.1, -0.05) is 44.5 Å². The van der Waals surface area contributed by atoms with Crippen LogP contribution in [0, 0.1) is 0 Å². The van der Waals surface area contributed by atoms with Crippen molar-refractivity contribution in [1.29, 1.82) is 0 Å². The van der Waals surface area contributed by atoms with Gasteiger partial charge in [0.25, 0.3) is 0 Å². The van der Waals surface area contributed by atoms with Gasteiger partial charge in [0.15, 0.2) is 0 Å². The average Bonchev–Trinajstić information content (AvgIpc) is 2.63. The van der Waals surface area contributed by atoms with Crippen LogP contribution in [0.15, 0.2) is 0 Å². The molecule has 0 aromatic heterocycles. The quantitative estimate of drug-likeness (QED) is 0.384. The van der Waals surface area contributed by atoms with E-state index in [-0.39, 0.29) is 0 Å². The lowest BCUT2D eigenvalue weighted by molar-refractivity contribution is 1.30. The molecule has 0 aliphatic heterocycles. The first kappa shape index (κ1) is 7.24. The predicted octanol–water partition coefficient (Wildman–Crippen LogP) is 1.72. The maximum atomic E-state index is 2.27. The summed E-state index contributed by atoms with van der Waals surface area (Å²) in [5.74, 6) is 1.15. The van der Waals surface area contributed by atoms with Crippen LogP contribution in [-0.2, 0) is 0 Å². The molecule has 0 bridgehead atoms. The van der Waals surface area contributed by atoms with Crippen LogP contribution in [-0.4, -0.2) is 14.6 Å². The minimum absolute atomic E-state index is 1.15. The molecule has 1 aliphatic rings. The van der Waals surface area contributed by atoms with E-state index in [1.165, 1.54) is 46.4 Å². The first-order valence-corrected chi connectivity index (χ1v) is 4.43. The Morgan fingerprint density at radius 2 is 2.11 bits per heavy atom. The molecular weight excluding hydrogens is 106 g/mol. The van der Waals surface area contributed by atoms with Crippen LogP contribution in [0.5, 0.6) is 0 Å². The molecule has 0 atom stereocenters. The van der Waals surface area contributed by atoms with Crippen LogP contribution in [0.1, 0.15) is 19.8 Å². The fourth-order valence-electron chi connectivity index (χ4n) is 1.27. The van der Waals surface area contributed by atoms with Gasteiger partial charge in [0.2, 0.25) is 0 Å². The number of hydrogen-bond acceptors (Lipinski definition) is 0. The zero-order valence-corrected chi connectivity index (χ0v) is 6.53. The van der Waals surface area contributed by atoms with Gasteiger partial charge >= 0.3 is 0 Å². The van der Waals surface area contributed by atoms with Crippen molar-refractivity contribution in [3.8, 4) is 0 Å². The Hall–Kier alpha value is 0.130. The molecular formula is C7H16B2. The summed E-state index contributed by atoms with van der Waals surface area (Å²) in [4.78, 5) is 0. The van der Waals surface area contributed by atoms with Gasteiger partial charge in [0.05, 0.1) is 0 Å². The summed E-state index contributed by atoms with van der Waals surface area (Å²) >= 11 is 0. The second-order valence-electron chi connectivity index (χ2n) is 3.29. The summed E-state index contributed by atoms with van der Waals surface area (Å²) in [6.45, 7) is 2.27. The Balaban J connectivity index is 1.71. The van der Waals surface area contributed by atoms with E-state index >= 15 is 0 Å². The van der Waals surface area contributed by atoms with E-state index in [1.54, 1.807) is 0 Å². The van der Waals surface area contributed by atoms with Crippen molar-refractivity contribution in [2.75, 3.05) is 0 Å². The Kier molecular flexibility index (Phi) is 3.24. The van der Waals surface area contributed by atoms with Crippen LogP contribution in [0.2, 0.25) is 24.8 Å².